The van der Waals surface area contributed by atoms with Crippen molar-refractivity contribution in [3.63, 3.8) is 0 Å². The zero-order valence-corrected chi connectivity index (χ0v) is 13.4. The highest BCUT2D eigenvalue weighted by Gasteiger charge is 2.26. The second-order valence-corrected chi connectivity index (χ2v) is 6.48. The predicted octanol–water partition coefficient (Wildman–Crippen LogP) is 3.59. The third-order valence-electron chi connectivity index (χ3n) is 4.53. The zero-order chi connectivity index (χ0) is 14.5. The monoisotopic (exact) mass is 275 g/mol. The van der Waals surface area contributed by atoms with Crippen LogP contribution in [0.25, 0.3) is 0 Å². The Morgan fingerprint density at radius 3 is 2.80 bits per heavy atom. The van der Waals surface area contributed by atoms with Crippen LogP contribution < -0.4 is 10.2 Å². The van der Waals surface area contributed by atoms with Crippen LogP contribution in [-0.2, 0) is 6.54 Å². The van der Waals surface area contributed by atoms with Gasteiger partial charge in [0.15, 0.2) is 0 Å². The Bertz CT molecular complexity index is 416. The number of aromatic nitrogens is 1. The van der Waals surface area contributed by atoms with Crippen LogP contribution in [0.5, 0.6) is 0 Å². The average molecular weight is 275 g/mol. The minimum Gasteiger partial charge on any atom is -0.370 e. The zero-order valence-electron chi connectivity index (χ0n) is 13.4. The van der Waals surface area contributed by atoms with Gasteiger partial charge in [-0.3, -0.25) is 4.98 Å². The molecule has 1 aliphatic rings. The van der Waals surface area contributed by atoms with E-state index < -0.39 is 0 Å². The van der Waals surface area contributed by atoms with Gasteiger partial charge in [0.05, 0.1) is 11.9 Å². The number of anilines is 1. The van der Waals surface area contributed by atoms with E-state index in [1.165, 1.54) is 36.9 Å². The van der Waals surface area contributed by atoms with E-state index in [-0.39, 0.29) is 0 Å². The summed E-state index contributed by atoms with van der Waals surface area (Å²) in [6, 6.07) is 3.31. The first-order valence-electron chi connectivity index (χ1n) is 7.98. The van der Waals surface area contributed by atoms with Crippen molar-refractivity contribution in [1.82, 2.24) is 10.3 Å². The first-order chi connectivity index (χ1) is 9.59. The summed E-state index contributed by atoms with van der Waals surface area (Å²) in [6.07, 6.45) is 9.34. The van der Waals surface area contributed by atoms with Crippen LogP contribution in [0.1, 0.15) is 52.0 Å². The average Bonchev–Trinajstić information content (AvgIpc) is 2.45. The van der Waals surface area contributed by atoms with Crippen molar-refractivity contribution in [2.45, 2.75) is 65.1 Å². The summed E-state index contributed by atoms with van der Waals surface area (Å²) in [5.41, 5.74) is 2.65. The molecule has 3 nitrogen and oxygen atoms in total. The molecule has 20 heavy (non-hydrogen) atoms. The Balaban J connectivity index is 2.13. The van der Waals surface area contributed by atoms with Gasteiger partial charge < -0.3 is 10.2 Å². The molecule has 0 amide bonds. The minimum atomic E-state index is 0.509. The smallest absolute Gasteiger partial charge is 0.0598 e. The quantitative estimate of drug-likeness (QED) is 0.890. The normalized spacial score (nSPS) is 23.1. The molecule has 1 fully saturated rings. The highest BCUT2D eigenvalue weighted by atomic mass is 15.1. The molecular formula is C17H29N3. The molecule has 1 N–H and O–H groups in total. The number of pyridine rings is 1. The molecular weight excluding hydrogens is 246 g/mol. The van der Waals surface area contributed by atoms with Crippen molar-refractivity contribution < 1.29 is 0 Å². The first kappa shape index (κ1) is 15.3. The van der Waals surface area contributed by atoms with Crippen LogP contribution in [0, 0.1) is 5.92 Å². The van der Waals surface area contributed by atoms with Gasteiger partial charge in [-0.25, -0.2) is 0 Å². The molecule has 2 unspecified atom stereocenters. The van der Waals surface area contributed by atoms with Gasteiger partial charge in [-0.1, -0.05) is 33.6 Å². The van der Waals surface area contributed by atoms with Gasteiger partial charge in [0.2, 0.25) is 0 Å². The molecule has 2 rings (SSSR count). The van der Waals surface area contributed by atoms with Crippen molar-refractivity contribution in [3.8, 4) is 0 Å². The van der Waals surface area contributed by atoms with E-state index >= 15 is 0 Å². The standard InChI is InChI=1S/C17H29N3/c1-13(2)19-11-15-9-10-18-12-17(15)20(4)16-8-6-5-7-14(16)3/h9-10,12-14,16,19H,5-8,11H2,1-4H3. The van der Waals surface area contributed by atoms with E-state index in [1.807, 2.05) is 12.4 Å². The topological polar surface area (TPSA) is 28.2 Å². The number of nitrogens with one attached hydrogen (secondary N) is 1. The molecule has 1 aliphatic carbocycles. The summed E-state index contributed by atoms with van der Waals surface area (Å²) in [5.74, 6) is 0.778. The largest absolute Gasteiger partial charge is 0.370 e. The van der Waals surface area contributed by atoms with E-state index in [4.69, 9.17) is 0 Å². The molecule has 1 aromatic rings. The lowest BCUT2D eigenvalue weighted by Crippen LogP contribution is -2.39. The van der Waals surface area contributed by atoms with E-state index in [2.05, 4.69) is 49.1 Å². The van der Waals surface area contributed by atoms with Crippen molar-refractivity contribution in [3.05, 3.63) is 24.0 Å². The molecule has 1 heterocycles. The summed E-state index contributed by atoms with van der Waals surface area (Å²) in [4.78, 5) is 6.81. The maximum absolute atomic E-state index is 4.34. The molecule has 2 atom stereocenters. The first-order valence-corrected chi connectivity index (χ1v) is 7.98. The maximum Gasteiger partial charge on any atom is 0.0598 e. The second kappa shape index (κ2) is 7.07. The minimum absolute atomic E-state index is 0.509. The van der Waals surface area contributed by atoms with Crippen molar-refractivity contribution in [1.29, 1.82) is 0 Å². The molecule has 1 saturated carbocycles. The molecule has 0 spiro atoms. The Morgan fingerprint density at radius 1 is 1.35 bits per heavy atom. The van der Waals surface area contributed by atoms with E-state index in [0.717, 1.165) is 12.5 Å². The van der Waals surface area contributed by atoms with Gasteiger partial charge >= 0.3 is 0 Å². The Hall–Kier alpha value is -1.09. The van der Waals surface area contributed by atoms with Crippen LogP contribution in [0.15, 0.2) is 18.5 Å². The van der Waals surface area contributed by atoms with E-state index in [0.29, 0.717) is 12.1 Å². The van der Waals surface area contributed by atoms with Crippen LogP contribution >= 0.6 is 0 Å². The Morgan fingerprint density at radius 2 is 2.10 bits per heavy atom. The molecule has 3 heteroatoms. The van der Waals surface area contributed by atoms with Gasteiger partial charge in [0.1, 0.15) is 0 Å². The van der Waals surface area contributed by atoms with Crippen LogP contribution in [0.2, 0.25) is 0 Å². The van der Waals surface area contributed by atoms with Crippen molar-refractivity contribution in [2.75, 3.05) is 11.9 Å². The van der Waals surface area contributed by atoms with Gasteiger partial charge in [0.25, 0.3) is 0 Å². The fraction of sp³-hybridized carbons (Fsp3) is 0.706. The van der Waals surface area contributed by atoms with Gasteiger partial charge in [-0.05, 0) is 30.4 Å². The third kappa shape index (κ3) is 3.72. The number of nitrogens with zero attached hydrogens (tertiary/aromatic N) is 2. The van der Waals surface area contributed by atoms with Crippen molar-refractivity contribution in [2.24, 2.45) is 5.92 Å². The highest BCUT2D eigenvalue weighted by Crippen LogP contribution is 2.31. The molecule has 1 aromatic heterocycles. The lowest BCUT2D eigenvalue weighted by molar-refractivity contribution is 0.321. The van der Waals surface area contributed by atoms with Crippen LogP contribution in [0.4, 0.5) is 5.69 Å². The SMILES string of the molecule is CC(C)NCc1ccncc1N(C)C1CCCCC1C. The summed E-state index contributed by atoms with van der Waals surface area (Å²) in [6.45, 7) is 7.69. The van der Waals surface area contributed by atoms with E-state index in [1.54, 1.807) is 0 Å². The van der Waals surface area contributed by atoms with Gasteiger partial charge in [0, 0.05) is 31.9 Å². The van der Waals surface area contributed by atoms with Gasteiger partial charge in [-0.2, -0.15) is 0 Å². The maximum atomic E-state index is 4.34. The highest BCUT2D eigenvalue weighted by molar-refractivity contribution is 5.52. The molecule has 0 aliphatic heterocycles. The van der Waals surface area contributed by atoms with Crippen LogP contribution in [-0.4, -0.2) is 24.1 Å². The predicted molar refractivity (Wildman–Crippen MR) is 86.0 cm³/mol. The lowest BCUT2D eigenvalue weighted by atomic mass is 9.85. The number of hydrogen-bond acceptors (Lipinski definition) is 3. The number of hydrogen-bond donors (Lipinski definition) is 1. The molecule has 0 saturated heterocycles. The fourth-order valence-electron chi connectivity index (χ4n) is 3.25. The molecule has 112 valence electrons. The summed E-state index contributed by atoms with van der Waals surface area (Å²) in [5, 5.41) is 3.52. The number of rotatable bonds is 5. The van der Waals surface area contributed by atoms with Gasteiger partial charge in [-0.15, -0.1) is 0 Å². The Labute approximate surface area is 123 Å². The van der Waals surface area contributed by atoms with Crippen LogP contribution in [0.3, 0.4) is 0 Å². The molecule has 0 bridgehead atoms. The summed E-state index contributed by atoms with van der Waals surface area (Å²) >= 11 is 0. The summed E-state index contributed by atoms with van der Waals surface area (Å²) in [7, 11) is 2.24. The second-order valence-electron chi connectivity index (χ2n) is 6.48. The third-order valence-corrected chi connectivity index (χ3v) is 4.53. The van der Waals surface area contributed by atoms with Crippen molar-refractivity contribution >= 4 is 5.69 Å². The fourth-order valence-corrected chi connectivity index (χ4v) is 3.25. The molecule has 0 radical (unpaired) electrons. The summed E-state index contributed by atoms with van der Waals surface area (Å²) < 4.78 is 0. The molecule has 0 aromatic carbocycles. The lowest BCUT2D eigenvalue weighted by Gasteiger charge is -2.38. The Kier molecular flexibility index (Phi) is 5.41. The van der Waals surface area contributed by atoms with E-state index in [9.17, 15) is 0 Å².